The van der Waals surface area contributed by atoms with Crippen LogP contribution in [0.15, 0.2) is 0 Å². The van der Waals surface area contributed by atoms with Gasteiger partial charge in [0.15, 0.2) is 0 Å². The number of aliphatic hydroxyl groups is 1. The maximum Gasteiger partial charge on any atom is 0.0515 e. The van der Waals surface area contributed by atoms with Crippen molar-refractivity contribution in [3.63, 3.8) is 0 Å². The monoisotopic (exact) mass is 318 g/mol. The van der Waals surface area contributed by atoms with Crippen molar-refractivity contribution in [3.05, 3.63) is 0 Å². The van der Waals surface area contributed by atoms with Crippen LogP contribution in [0, 0.1) is 46.8 Å². The average Bonchev–Trinajstić information content (AvgIpc) is 2.83. The highest BCUT2D eigenvalue weighted by molar-refractivity contribution is 5.06. The van der Waals surface area contributed by atoms with Gasteiger partial charge in [-0.25, -0.2) is 0 Å². The summed E-state index contributed by atoms with van der Waals surface area (Å²) in [5.41, 5.74) is 0.549. The zero-order chi connectivity index (χ0) is 16.2. The molecule has 0 heterocycles. The van der Waals surface area contributed by atoms with E-state index in [0.29, 0.717) is 5.41 Å². The molecule has 1 nitrogen and oxygen atoms in total. The van der Waals surface area contributed by atoms with Crippen molar-refractivity contribution < 1.29 is 5.11 Å². The van der Waals surface area contributed by atoms with Crippen molar-refractivity contribution in [2.75, 3.05) is 0 Å². The van der Waals surface area contributed by atoms with Crippen molar-refractivity contribution in [2.24, 2.45) is 46.8 Å². The summed E-state index contributed by atoms with van der Waals surface area (Å²) >= 11 is 0. The quantitative estimate of drug-likeness (QED) is 0.696. The second-order valence-electron chi connectivity index (χ2n) is 10.3. The Balaban J connectivity index is 1.51. The number of fused-ring (bicyclic) bond motifs is 5. The van der Waals surface area contributed by atoms with Crippen LogP contribution in [0.4, 0.5) is 0 Å². The van der Waals surface area contributed by atoms with Crippen molar-refractivity contribution in [3.8, 4) is 0 Å². The Kier molecular flexibility index (Phi) is 4.32. The van der Waals surface area contributed by atoms with Gasteiger partial charge in [-0.15, -0.1) is 0 Å². The van der Waals surface area contributed by atoms with E-state index in [-0.39, 0.29) is 6.10 Å². The minimum Gasteiger partial charge on any atom is -0.393 e. The predicted octanol–water partition coefficient (Wildman–Crippen LogP) is 5.66. The molecule has 1 unspecified atom stereocenters. The fourth-order valence-corrected chi connectivity index (χ4v) is 8.00. The third-order valence-electron chi connectivity index (χ3n) is 9.04. The highest BCUT2D eigenvalue weighted by Gasteiger charge is 2.56. The molecule has 0 amide bonds. The third kappa shape index (κ3) is 2.70. The van der Waals surface area contributed by atoms with Crippen LogP contribution in [-0.4, -0.2) is 11.2 Å². The molecular formula is C22H38O. The Morgan fingerprint density at radius 2 is 1.74 bits per heavy atom. The average molecular weight is 319 g/mol. The van der Waals surface area contributed by atoms with Gasteiger partial charge >= 0.3 is 0 Å². The van der Waals surface area contributed by atoms with E-state index in [1.165, 1.54) is 57.8 Å². The molecule has 4 saturated carbocycles. The molecule has 0 aromatic rings. The Morgan fingerprint density at radius 1 is 0.957 bits per heavy atom. The topological polar surface area (TPSA) is 20.2 Å². The lowest BCUT2D eigenvalue weighted by Gasteiger charge is -2.56. The zero-order valence-electron chi connectivity index (χ0n) is 15.6. The van der Waals surface area contributed by atoms with Gasteiger partial charge in [-0.2, -0.15) is 0 Å². The van der Waals surface area contributed by atoms with E-state index < -0.39 is 0 Å². The highest BCUT2D eigenvalue weighted by Crippen LogP contribution is 2.65. The summed E-state index contributed by atoms with van der Waals surface area (Å²) in [6.07, 6.45) is 14.4. The molecule has 0 aromatic heterocycles. The first-order chi connectivity index (χ1) is 11.0. The Morgan fingerprint density at radius 3 is 2.52 bits per heavy atom. The normalized spacial score (nSPS) is 54.0. The van der Waals surface area contributed by atoms with Crippen molar-refractivity contribution >= 4 is 0 Å². The van der Waals surface area contributed by atoms with Gasteiger partial charge in [-0.3, -0.25) is 0 Å². The van der Waals surface area contributed by atoms with Gasteiger partial charge in [-0.05, 0) is 112 Å². The molecule has 4 aliphatic rings. The van der Waals surface area contributed by atoms with E-state index in [1.54, 1.807) is 0 Å². The maximum absolute atomic E-state index is 9.93. The molecule has 0 saturated heterocycles. The first-order valence-electron chi connectivity index (χ1n) is 10.7. The molecule has 0 bridgehead atoms. The van der Waals surface area contributed by atoms with Gasteiger partial charge in [0.25, 0.3) is 0 Å². The van der Waals surface area contributed by atoms with Crippen LogP contribution in [0.2, 0.25) is 0 Å². The lowest BCUT2D eigenvalue weighted by molar-refractivity contribution is -0.0709. The van der Waals surface area contributed by atoms with Gasteiger partial charge in [0.05, 0.1) is 6.10 Å². The second kappa shape index (κ2) is 6.04. The van der Waals surface area contributed by atoms with E-state index in [1.807, 2.05) is 6.92 Å². The van der Waals surface area contributed by atoms with E-state index in [2.05, 4.69) is 13.8 Å². The van der Waals surface area contributed by atoms with Crippen molar-refractivity contribution in [1.29, 1.82) is 0 Å². The van der Waals surface area contributed by atoms with Crippen LogP contribution in [-0.2, 0) is 0 Å². The van der Waals surface area contributed by atoms with Crippen LogP contribution < -0.4 is 0 Å². The van der Waals surface area contributed by atoms with Gasteiger partial charge < -0.3 is 5.11 Å². The van der Waals surface area contributed by atoms with Crippen molar-refractivity contribution in [1.82, 2.24) is 0 Å². The molecule has 132 valence electrons. The fraction of sp³-hybridized carbons (Fsp3) is 1.00. The van der Waals surface area contributed by atoms with Gasteiger partial charge in [0.1, 0.15) is 0 Å². The summed E-state index contributed by atoms with van der Waals surface area (Å²) in [6, 6.07) is 0. The standard InChI is InChI=1S/C22H38O/c1-14-4-7-18-16(12-14)5-8-20-19(18)10-11-22(3)17(13-15(2)23)6-9-21(20)22/h14-21,23H,4-13H2,1-3H3/t14-,15?,16+,17+,18-,19+,20+,21-,22+/m0/s1. The molecule has 1 N–H and O–H groups in total. The molecule has 23 heavy (non-hydrogen) atoms. The summed E-state index contributed by atoms with van der Waals surface area (Å²) in [7, 11) is 0. The molecule has 4 rings (SSSR count). The summed E-state index contributed by atoms with van der Waals surface area (Å²) in [4.78, 5) is 0. The van der Waals surface area contributed by atoms with E-state index >= 15 is 0 Å². The molecular weight excluding hydrogens is 280 g/mol. The van der Waals surface area contributed by atoms with Crippen LogP contribution in [0.3, 0.4) is 0 Å². The first kappa shape index (κ1) is 16.4. The van der Waals surface area contributed by atoms with Crippen molar-refractivity contribution in [2.45, 2.75) is 91.1 Å². The Labute approximate surface area is 143 Å². The van der Waals surface area contributed by atoms with Crippen LogP contribution in [0.5, 0.6) is 0 Å². The zero-order valence-corrected chi connectivity index (χ0v) is 15.6. The van der Waals surface area contributed by atoms with Crippen LogP contribution >= 0.6 is 0 Å². The number of hydrogen-bond donors (Lipinski definition) is 1. The number of rotatable bonds is 2. The smallest absolute Gasteiger partial charge is 0.0515 e. The molecule has 0 spiro atoms. The fourth-order valence-electron chi connectivity index (χ4n) is 8.00. The van der Waals surface area contributed by atoms with Gasteiger partial charge in [-0.1, -0.05) is 20.3 Å². The predicted molar refractivity (Wildman–Crippen MR) is 96.1 cm³/mol. The second-order valence-corrected chi connectivity index (χ2v) is 10.3. The van der Waals surface area contributed by atoms with Crippen LogP contribution in [0.1, 0.15) is 85.0 Å². The Bertz CT molecular complexity index is 430. The highest BCUT2D eigenvalue weighted by atomic mass is 16.3. The summed E-state index contributed by atoms with van der Waals surface area (Å²) in [5.74, 6) is 6.99. The SMILES string of the molecule is CC(O)C[C@H]1CC[C@H]2[C@@H]3CC[C@@H]4C[C@@H](C)CC[C@@H]4[C@H]3CC[C@]12C. The van der Waals surface area contributed by atoms with E-state index in [9.17, 15) is 5.11 Å². The lowest BCUT2D eigenvalue weighted by atomic mass is 9.49. The lowest BCUT2D eigenvalue weighted by Crippen LogP contribution is -2.48. The number of hydrogen-bond acceptors (Lipinski definition) is 1. The van der Waals surface area contributed by atoms with E-state index in [0.717, 1.165) is 47.8 Å². The van der Waals surface area contributed by atoms with Crippen LogP contribution in [0.25, 0.3) is 0 Å². The largest absolute Gasteiger partial charge is 0.393 e. The Hall–Kier alpha value is -0.0400. The molecule has 4 aliphatic carbocycles. The van der Waals surface area contributed by atoms with Gasteiger partial charge in [0.2, 0.25) is 0 Å². The summed E-state index contributed by atoms with van der Waals surface area (Å²) in [6.45, 7) is 7.08. The van der Waals surface area contributed by atoms with E-state index in [4.69, 9.17) is 0 Å². The maximum atomic E-state index is 9.93. The summed E-state index contributed by atoms with van der Waals surface area (Å²) in [5, 5.41) is 9.93. The minimum atomic E-state index is -0.108. The molecule has 0 aliphatic heterocycles. The third-order valence-corrected chi connectivity index (χ3v) is 9.04. The minimum absolute atomic E-state index is 0.108. The molecule has 1 heteroatoms. The van der Waals surface area contributed by atoms with Gasteiger partial charge in [0, 0.05) is 0 Å². The summed E-state index contributed by atoms with van der Waals surface area (Å²) < 4.78 is 0. The number of aliphatic hydroxyl groups excluding tert-OH is 1. The molecule has 0 aromatic carbocycles. The molecule has 4 fully saturated rings. The molecule has 9 atom stereocenters. The first-order valence-corrected chi connectivity index (χ1v) is 10.7. The molecule has 0 radical (unpaired) electrons.